The van der Waals surface area contributed by atoms with Gasteiger partial charge in [-0.05, 0) is 69.7 Å². The van der Waals surface area contributed by atoms with Crippen molar-refractivity contribution in [3.05, 3.63) is 42.2 Å². The van der Waals surface area contributed by atoms with Gasteiger partial charge in [0.2, 0.25) is 0 Å². The Morgan fingerprint density at radius 1 is 1.04 bits per heavy atom. The SMILES string of the molecule is CC(CCC(C)(C)C)NC(=O)c1cc(-c2ccc(NC(C)(C)C)cc2)cn1C. The van der Waals surface area contributed by atoms with Crippen molar-refractivity contribution in [1.82, 2.24) is 9.88 Å². The summed E-state index contributed by atoms with van der Waals surface area (Å²) in [7, 11) is 1.92. The molecule has 4 nitrogen and oxygen atoms in total. The van der Waals surface area contributed by atoms with E-state index in [4.69, 9.17) is 0 Å². The Bertz CT molecular complexity index is 789. The normalized spacial score (nSPS) is 13.3. The number of nitrogens with zero attached hydrogens (tertiary/aromatic N) is 1. The van der Waals surface area contributed by atoms with Crippen molar-refractivity contribution < 1.29 is 4.79 Å². The fraction of sp³-hybridized carbons (Fsp3) is 0.542. The molecule has 0 aliphatic rings. The Morgan fingerprint density at radius 2 is 1.64 bits per heavy atom. The number of hydrogen-bond acceptors (Lipinski definition) is 2. The Balaban J connectivity index is 2.07. The standard InChI is InChI=1S/C24H37N3O/c1-17(13-14-23(2,3)4)25-22(28)21-15-19(16-27(21)8)18-9-11-20(12-10-18)26-24(5,6)7/h9-12,15-17,26H,13-14H2,1-8H3,(H,25,28). The maximum Gasteiger partial charge on any atom is 0.268 e. The Labute approximate surface area is 170 Å². The van der Waals surface area contributed by atoms with E-state index in [0.717, 1.165) is 29.7 Å². The van der Waals surface area contributed by atoms with E-state index < -0.39 is 0 Å². The lowest BCUT2D eigenvalue weighted by atomic mass is 9.89. The summed E-state index contributed by atoms with van der Waals surface area (Å²) in [5.74, 6) is -0.0128. The van der Waals surface area contributed by atoms with E-state index in [1.54, 1.807) is 0 Å². The molecular weight excluding hydrogens is 346 g/mol. The lowest BCUT2D eigenvalue weighted by Gasteiger charge is -2.22. The molecule has 0 saturated heterocycles. The number of amides is 1. The zero-order valence-electron chi connectivity index (χ0n) is 18.8. The molecule has 0 fully saturated rings. The van der Waals surface area contributed by atoms with Gasteiger partial charge in [0.15, 0.2) is 0 Å². The highest BCUT2D eigenvalue weighted by Gasteiger charge is 2.17. The first kappa shape index (κ1) is 22.1. The van der Waals surface area contributed by atoms with Crippen LogP contribution in [0.1, 0.15) is 71.8 Å². The van der Waals surface area contributed by atoms with Gasteiger partial charge in [0.05, 0.1) is 0 Å². The van der Waals surface area contributed by atoms with Crippen LogP contribution in [0.3, 0.4) is 0 Å². The predicted octanol–water partition coefficient (Wildman–Crippen LogP) is 5.85. The molecule has 154 valence electrons. The van der Waals surface area contributed by atoms with Crippen LogP contribution >= 0.6 is 0 Å². The van der Waals surface area contributed by atoms with E-state index in [0.29, 0.717) is 5.69 Å². The number of carbonyl (C=O) groups is 1. The van der Waals surface area contributed by atoms with Crippen molar-refractivity contribution in [2.45, 2.75) is 72.9 Å². The molecule has 2 aromatic rings. The molecular formula is C24H37N3O. The summed E-state index contributed by atoms with van der Waals surface area (Å²) in [5, 5.41) is 6.61. The quantitative estimate of drug-likeness (QED) is 0.657. The van der Waals surface area contributed by atoms with Gasteiger partial charge >= 0.3 is 0 Å². The molecule has 1 heterocycles. The molecule has 1 amide bonds. The van der Waals surface area contributed by atoms with Gasteiger partial charge in [-0.3, -0.25) is 4.79 Å². The second-order valence-electron chi connectivity index (χ2n) is 10.2. The van der Waals surface area contributed by atoms with Gasteiger partial charge in [-0.1, -0.05) is 32.9 Å². The monoisotopic (exact) mass is 383 g/mol. The van der Waals surface area contributed by atoms with Crippen LogP contribution in [0.15, 0.2) is 36.5 Å². The Morgan fingerprint density at radius 3 is 2.18 bits per heavy atom. The molecule has 0 aliphatic heterocycles. The predicted molar refractivity (Wildman–Crippen MR) is 120 cm³/mol. The number of carbonyl (C=O) groups excluding carboxylic acids is 1. The van der Waals surface area contributed by atoms with E-state index in [9.17, 15) is 4.79 Å². The smallest absolute Gasteiger partial charge is 0.268 e. The van der Waals surface area contributed by atoms with Crippen molar-refractivity contribution in [3.63, 3.8) is 0 Å². The first-order valence-electron chi connectivity index (χ1n) is 10.2. The number of aromatic nitrogens is 1. The van der Waals surface area contributed by atoms with Gasteiger partial charge in [0.1, 0.15) is 5.69 Å². The summed E-state index contributed by atoms with van der Waals surface area (Å²) >= 11 is 0. The molecule has 4 heteroatoms. The van der Waals surface area contributed by atoms with Crippen molar-refractivity contribution >= 4 is 11.6 Å². The highest BCUT2D eigenvalue weighted by molar-refractivity contribution is 5.94. The second-order valence-corrected chi connectivity index (χ2v) is 10.2. The van der Waals surface area contributed by atoms with E-state index in [-0.39, 0.29) is 22.9 Å². The number of benzene rings is 1. The fourth-order valence-electron chi connectivity index (χ4n) is 3.15. The van der Waals surface area contributed by atoms with Crippen molar-refractivity contribution in [1.29, 1.82) is 0 Å². The number of nitrogens with one attached hydrogen (secondary N) is 2. The molecule has 1 aromatic carbocycles. The third-order valence-electron chi connectivity index (χ3n) is 4.68. The molecule has 1 aromatic heterocycles. The number of aryl methyl sites for hydroxylation is 1. The maximum atomic E-state index is 12.7. The molecule has 0 bridgehead atoms. The van der Waals surface area contributed by atoms with Crippen molar-refractivity contribution in [3.8, 4) is 11.1 Å². The number of rotatable bonds is 6. The van der Waals surface area contributed by atoms with Crippen LogP contribution in [0.25, 0.3) is 11.1 Å². The maximum absolute atomic E-state index is 12.7. The van der Waals surface area contributed by atoms with Gasteiger partial charge in [0.25, 0.3) is 5.91 Å². The largest absolute Gasteiger partial charge is 0.380 e. The third kappa shape index (κ3) is 6.74. The second kappa shape index (κ2) is 8.42. The first-order chi connectivity index (χ1) is 12.8. The van der Waals surface area contributed by atoms with Crippen LogP contribution in [0.2, 0.25) is 0 Å². The van der Waals surface area contributed by atoms with Crippen LogP contribution < -0.4 is 10.6 Å². The minimum Gasteiger partial charge on any atom is -0.380 e. The van der Waals surface area contributed by atoms with Crippen LogP contribution in [-0.4, -0.2) is 22.1 Å². The van der Waals surface area contributed by atoms with Crippen LogP contribution in [0, 0.1) is 5.41 Å². The summed E-state index contributed by atoms with van der Waals surface area (Å²) < 4.78 is 1.91. The van der Waals surface area contributed by atoms with E-state index in [2.05, 4.69) is 83.4 Å². The highest BCUT2D eigenvalue weighted by Crippen LogP contribution is 2.25. The molecule has 1 unspecified atom stereocenters. The van der Waals surface area contributed by atoms with Crippen LogP contribution in [-0.2, 0) is 7.05 Å². The highest BCUT2D eigenvalue weighted by atomic mass is 16.2. The van der Waals surface area contributed by atoms with Gasteiger partial charge in [-0.2, -0.15) is 0 Å². The minimum atomic E-state index is -0.0128. The molecule has 0 saturated carbocycles. The molecule has 2 N–H and O–H groups in total. The summed E-state index contributed by atoms with van der Waals surface area (Å²) in [5.41, 5.74) is 4.26. The van der Waals surface area contributed by atoms with Gasteiger partial charge in [0, 0.05) is 36.1 Å². The molecule has 2 rings (SSSR count). The third-order valence-corrected chi connectivity index (χ3v) is 4.68. The van der Waals surface area contributed by atoms with Gasteiger partial charge in [-0.15, -0.1) is 0 Å². The van der Waals surface area contributed by atoms with E-state index >= 15 is 0 Å². The summed E-state index contributed by atoms with van der Waals surface area (Å²) in [6.07, 6.45) is 4.08. The molecule has 0 aliphatic carbocycles. The first-order valence-corrected chi connectivity index (χ1v) is 10.2. The number of hydrogen-bond donors (Lipinski definition) is 2. The lowest BCUT2D eigenvalue weighted by Crippen LogP contribution is -2.34. The van der Waals surface area contributed by atoms with Crippen LogP contribution in [0.5, 0.6) is 0 Å². The van der Waals surface area contributed by atoms with E-state index in [1.165, 1.54) is 0 Å². The average molecular weight is 384 g/mol. The minimum absolute atomic E-state index is 0.0128. The molecule has 28 heavy (non-hydrogen) atoms. The molecule has 1 atom stereocenters. The Hall–Kier alpha value is -2.23. The van der Waals surface area contributed by atoms with Crippen LogP contribution in [0.4, 0.5) is 5.69 Å². The zero-order chi connectivity index (χ0) is 21.1. The summed E-state index contributed by atoms with van der Waals surface area (Å²) in [4.78, 5) is 12.7. The summed E-state index contributed by atoms with van der Waals surface area (Å²) in [6.45, 7) is 15.2. The van der Waals surface area contributed by atoms with Crippen molar-refractivity contribution in [2.24, 2.45) is 12.5 Å². The fourth-order valence-corrected chi connectivity index (χ4v) is 3.15. The zero-order valence-corrected chi connectivity index (χ0v) is 18.8. The van der Waals surface area contributed by atoms with Gasteiger partial charge < -0.3 is 15.2 Å². The molecule has 0 radical (unpaired) electrons. The van der Waals surface area contributed by atoms with Crippen molar-refractivity contribution in [2.75, 3.05) is 5.32 Å². The summed E-state index contributed by atoms with van der Waals surface area (Å²) in [6, 6.07) is 10.5. The Kier molecular flexibility index (Phi) is 6.63. The number of anilines is 1. The lowest BCUT2D eigenvalue weighted by molar-refractivity contribution is 0.0927. The van der Waals surface area contributed by atoms with Gasteiger partial charge in [-0.25, -0.2) is 0 Å². The topological polar surface area (TPSA) is 46.1 Å². The average Bonchev–Trinajstić information content (AvgIpc) is 2.93. The molecule has 0 spiro atoms. The van der Waals surface area contributed by atoms with E-state index in [1.807, 2.05) is 23.9 Å².